The van der Waals surface area contributed by atoms with E-state index < -0.39 is 6.10 Å². The molecule has 0 aliphatic heterocycles. The average Bonchev–Trinajstić information content (AvgIpc) is 2.18. The van der Waals surface area contributed by atoms with Crippen LogP contribution in [0.25, 0.3) is 0 Å². The third-order valence-electron chi connectivity index (χ3n) is 2.31. The molecule has 0 aromatic heterocycles. The first-order valence-corrected chi connectivity index (χ1v) is 4.82. The predicted octanol–water partition coefficient (Wildman–Crippen LogP) is 1.58. The molecule has 3 nitrogen and oxygen atoms in total. The standard InChI is InChI=1S/C11H16O3/c1-3-9(7-12)14-11-8(2)5-4-6-10(11)13/h3,9,12H,1,4-7H2,2H3/t9-/m1/s1. The van der Waals surface area contributed by atoms with E-state index in [1.807, 2.05) is 6.92 Å². The van der Waals surface area contributed by atoms with Gasteiger partial charge < -0.3 is 9.84 Å². The summed E-state index contributed by atoms with van der Waals surface area (Å²) >= 11 is 0. The molecule has 1 atom stereocenters. The van der Waals surface area contributed by atoms with E-state index in [-0.39, 0.29) is 12.4 Å². The molecule has 1 aliphatic rings. The highest BCUT2D eigenvalue weighted by Crippen LogP contribution is 2.23. The molecule has 0 spiro atoms. The van der Waals surface area contributed by atoms with Crippen LogP contribution in [-0.2, 0) is 9.53 Å². The van der Waals surface area contributed by atoms with Crippen molar-refractivity contribution in [1.82, 2.24) is 0 Å². The van der Waals surface area contributed by atoms with Gasteiger partial charge in [-0.15, -0.1) is 0 Å². The van der Waals surface area contributed by atoms with Crippen LogP contribution in [0, 0.1) is 0 Å². The number of aliphatic hydroxyl groups excluding tert-OH is 1. The SMILES string of the molecule is C=C[C@H](CO)OC1=C(C)CCCC1=O. The van der Waals surface area contributed by atoms with Crippen LogP contribution in [0.1, 0.15) is 26.2 Å². The lowest BCUT2D eigenvalue weighted by Crippen LogP contribution is -2.21. The number of carbonyl (C=O) groups is 1. The summed E-state index contributed by atoms with van der Waals surface area (Å²) in [4.78, 5) is 11.5. The summed E-state index contributed by atoms with van der Waals surface area (Å²) in [6.07, 6.45) is 3.37. The molecular weight excluding hydrogens is 180 g/mol. The van der Waals surface area contributed by atoms with Crippen molar-refractivity contribution in [1.29, 1.82) is 0 Å². The molecule has 14 heavy (non-hydrogen) atoms. The number of Topliss-reactive ketones (excluding diaryl/α,β-unsaturated/α-hetero) is 1. The van der Waals surface area contributed by atoms with Gasteiger partial charge in [-0.25, -0.2) is 0 Å². The van der Waals surface area contributed by atoms with Crippen molar-refractivity contribution in [2.24, 2.45) is 0 Å². The van der Waals surface area contributed by atoms with E-state index >= 15 is 0 Å². The van der Waals surface area contributed by atoms with Crippen molar-refractivity contribution in [3.8, 4) is 0 Å². The molecule has 1 N–H and O–H groups in total. The van der Waals surface area contributed by atoms with Crippen molar-refractivity contribution in [2.75, 3.05) is 6.61 Å². The Bertz CT molecular complexity index is 266. The Morgan fingerprint density at radius 2 is 2.36 bits per heavy atom. The number of aliphatic hydroxyl groups is 1. The zero-order valence-corrected chi connectivity index (χ0v) is 8.45. The van der Waals surface area contributed by atoms with E-state index in [1.165, 1.54) is 6.08 Å². The Morgan fingerprint density at radius 3 is 2.86 bits per heavy atom. The minimum Gasteiger partial charge on any atom is -0.480 e. The van der Waals surface area contributed by atoms with Crippen LogP contribution in [0.5, 0.6) is 0 Å². The Labute approximate surface area is 84.1 Å². The molecule has 0 radical (unpaired) electrons. The number of carbonyl (C=O) groups excluding carboxylic acids is 1. The Morgan fingerprint density at radius 1 is 1.64 bits per heavy atom. The lowest BCUT2D eigenvalue weighted by atomic mass is 9.98. The minimum atomic E-state index is -0.470. The topological polar surface area (TPSA) is 46.5 Å². The second kappa shape index (κ2) is 4.96. The Balaban J connectivity index is 2.73. The van der Waals surface area contributed by atoms with Crippen LogP contribution in [0.4, 0.5) is 0 Å². The number of ketones is 1. The van der Waals surface area contributed by atoms with Crippen molar-refractivity contribution < 1.29 is 14.6 Å². The van der Waals surface area contributed by atoms with Crippen molar-refractivity contribution in [3.05, 3.63) is 24.0 Å². The summed E-state index contributed by atoms with van der Waals surface area (Å²) < 4.78 is 5.38. The van der Waals surface area contributed by atoms with E-state index in [0.717, 1.165) is 18.4 Å². The Hall–Kier alpha value is -1.09. The van der Waals surface area contributed by atoms with E-state index in [1.54, 1.807) is 0 Å². The molecule has 0 amide bonds. The molecule has 78 valence electrons. The molecule has 0 aromatic rings. The largest absolute Gasteiger partial charge is 0.480 e. The van der Waals surface area contributed by atoms with E-state index in [2.05, 4.69) is 6.58 Å². The van der Waals surface area contributed by atoms with Gasteiger partial charge in [0.15, 0.2) is 11.5 Å². The van der Waals surface area contributed by atoms with Gasteiger partial charge in [-0.3, -0.25) is 4.79 Å². The molecule has 1 aliphatic carbocycles. The van der Waals surface area contributed by atoms with Crippen LogP contribution in [0.2, 0.25) is 0 Å². The summed E-state index contributed by atoms with van der Waals surface area (Å²) in [5.41, 5.74) is 0.974. The first-order chi connectivity index (χ1) is 6.69. The maximum absolute atomic E-state index is 11.5. The van der Waals surface area contributed by atoms with Gasteiger partial charge in [0.1, 0.15) is 6.10 Å². The first kappa shape index (κ1) is 11.0. The van der Waals surface area contributed by atoms with Gasteiger partial charge in [0.2, 0.25) is 0 Å². The molecule has 0 unspecified atom stereocenters. The molecule has 0 bridgehead atoms. The summed E-state index contributed by atoms with van der Waals surface area (Å²) in [6, 6.07) is 0. The number of hydrogen-bond donors (Lipinski definition) is 1. The van der Waals surface area contributed by atoms with E-state index in [9.17, 15) is 4.79 Å². The van der Waals surface area contributed by atoms with Gasteiger partial charge >= 0.3 is 0 Å². The second-order valence-electron chi connectivity index (χ2n) is 3.46. The van der Waals surface area contributed by atoms with Crippen molar-refractivity contribution in [3.63, 3.8) is 0 Å². The fourth-order valence-corrected chi connectivity index (χ4v) is 1.46. The van der Waals surface area contributed by atoms with Crippen LogP contribution in [0.3, 0.4) is 0 Å². The monoisotopic (exact) mass is 196 g/mol. The summed E-state index contributed by atoms with van der Waals surface area (Å²) in [5.74, 6) is 0.462. The van der Waals surface area contributed by atoms with Gasteiger partial charge in [-0.05, 0) is 31.4 Å². The highest BCUT2D eigenvalue weighted by Gasteiger charge is 2.21. The second-order valence-corrected chi connectivity index (χ2v) is 3.46. The highest BCUT2D eigenvalue weighted by molar-refractivity contribution is 5.94. The van der Waals surface area contributed by atoms with Crippen LogP contribution < -0.4 is 0 Å². The van der Waals surface area contributed by atoms with E-state index in [0.29, 0.717) is 12.2 Å². The van der Waals surface area contributed by atoms with Gasteiger partial charge in [-0.2, -0.15) is 0 Å². The molecule has 0 heterocycles. The third-order valence-corrected chi connectivity index (χ3v) is 2.31. The number of rotatable bonds is 4. The fraction of sp³-hybridized carbons (Fsp3) is 0.545. The lowest BCUT2D eigenvalue weighted by Gasteiger charge is -2.20. The normalized spacial score (nSPS) is 19.4. The quantitative estimate of drug-likeness (QED) is 0.694. The lowest BCUT2D eigenvalue weighted by molar-refractivity contribution is -0.120. The van der Waals surface area contributed by atoms with Crippen molar-refractivity contribution >= 4 is 5.78 Å². The van der Waals surface area contributed by atoms with Gasteiger partial charge in [0.25, 0.3) is 0 Å². The van der Waals surface area contributed by atoms with E-state index in [4.69, 9.17) is 9.84 Å². The van der Waals surface area contributed by atoms with Crippen LogP contribution >= 0.6 is 0 Å². The summed E-state index contributed by atoms with van der Waals surface area (Å²) in [6.45, 7) is 5.28. The zero-order chi connectivity index (χ0) is 10.6. The average molecular weight is 196 g/mol. The summed E-state index contributed by atoms with van der Waals surface area (Å²) in [7, 11) is 0. The first-order valence-electron chi connectivity index (χ1n) is 4.82. The molecule has 0 aromatic carbocycles. The zero-order valence-electron chi connectivity index (χ0n) is 8.45. The maximum Gasteiger partial charge on any atom is 0.197 e. The number of allylic oxidation sites excluding steroid dienone is 2. The molecule has 0 saturated carbocycles. The third kappa shape index (κ3) is 2.45. The minimum absolute atomic E-state index is 0.0362. The van der Waals surface area contributed by atoms with Crippen LogP contribution in [0.15, 0.2) is 24.0 Å². The smallest absolute Gasteiger partial charge is 0.197 e. The Kier molecular flexibility index (Phi) is 3.89. The fourth-order valence-electron chi connectivity index (χ4n) is 1.46. The number of ether oxygens (including phenoxy) is 1. The predicted molar refractivity (Wildman–Crippen MR) is 53.7 cm³/mol. The molecule has 0 fully saturated rings. The van der Waals surface area contributed by atoms with Crippen LogP contribution in [-0.4, -0.2) is 23.6 Å². The van der Waals surface area contributed by atoms with Gasteiger partial charge in [0.05, 0.1) is 6.61 Å². The highest BCUT2D eigenvalue weighted by atomic mass is 16.5. The molecule has 3 heteroatoms. The molecular formula is C11H16O3. The maximum atomic E-state index is 11.5. The number of hydrogen-bond acceptors (Lipinski definition) is 3. The van der Waals surface area contributed by atoms with Gasteiger partial charge in [0, 0.05) is 6.42 Å². The van der Waals surface area contributed by atoms with Crippen molar-refractivity contribution in [2.45, 2.75) is 32.3 Å². The molecule has 1 rings (SSSR count). The van der Waals surface area contributed by atoms with Gasteiger partial charge in [-0.1, -0.05) is 6.58 Å². The summed E-state index contributed by atoms with van der Waals surface area (Å²) in [5, 5.41) is 8.90. The molecule has 0 saturated heterocycles.